The van der Waals surface area contributed by atoms with Crippen LogP contribution in [0.2, 0.25) is 0 Å². The summed E-state index contributed by atoms with van der Waals surface area (Å²) in [6, 6.07) is 5.55. The van der Waals surface area contributed by atoms with E-state index in [-0.39, 0.29) is 24.2 Å². The van der Waals surface area contributed by atoms with E-state index >= 15 is 0 Å². The quantitative estimate of drug-likeness (QED) is 0.868. The van der Waals surface area contributed by atoms with Gasteiger partial charge in [-0.3, -0.25) is 4.79 Å². The molecule has 0 radical (unpaired) electrons. The number of hydrogen-bond acceptors (Lipinski definition) is 4. The first-order chi connectivity index (χ1) is 9.03. The lowest BCUT2D eigenvalue weighted by molar-refractivity contribution is -0.133. The number of carbonyl (C=O) groups is 1. The van der Waals surface area contributed by atoms with Crippen LogP contribution in [0.5, 0.6) is 11.5 Å². The van der Waals surface area contributed by atoms with Crippen LogP contribution in [0.3, 0.4) is 0 Å². The predicted molar refractivity (Wildman–Crippen MR) is 81.5 cm³/mol. The van der Waals surface area contributed by atoms with E-state index in [9.17, 15) is 4.79 Å². The van der Waals surface area contributed by atoms with Gasteiger partial charge in [-0.05, 0) is 12.1 Å². The Morgan fingerprint density at radius 1 is 1.35 bits per heavy atom. The Labute approximate surface area is 126 Å². The van der Waals surface area contributed by atoms with Gasteiger partial charge in [0.1, 0.15) is 11.5 Å². The van der Waals surface area contributed by atoms with Gasteiger partial charge in [-0.25, -0.2) is 0 Å². The van der Waals surface area contributed by atoms with E-state index in [1.54, 1.807) is 32.2 Å². The van der Waals surface area contributed by atoms with Gasteiger partial charge < -0.3 is 20.1 Å². The molecule has 6 heteroatoms. The summed E-state index contributed by atoms with van der Waals surface area (Å²) in [5, 5.41) is 0. The van der Waals surface area contributed by atoms with Crippen molar-refractivity contribution in [3.63, 3.8) is 0 Å². The summed E-state index contributed by atoms with van der Waals surface area (Å²) in [6.07, 6.45) is 0. The van der Waals surface area contributed by atoms with Gasteiger partial charge in [0.2, 0.25) is 5.91 Å². The third kappa shape index (κ3) is 4.58. The monoisotopic (exact) mass is 302 g/mol. The van der Waals surface area contributed by atoms with Crippen molar-refractivity contribution >= 4 is 18.3 Å². The average molecular weight is 303 g/mol. The second-order valence-corrected chi connectivity index (χ2v) is 4.51. The molecule has 1 aromatic rings. The number of hydrogen-bond donors (Lipinski definition) is 1. The molecule has 1 amide bonds. The van der Waals surface area contributed by atoms with E-state index in [1.807, 2.05) is 19.1 Å². The van der Waals surface area contributed by atoms with Gasteiger partial charge in [-0.15, -0.1) is 12.4 Å². The van der Waals surface area contributed by atoms with E-state index in [0.717, 1.165) is 11.3 Å². The van der Waals surface area contributed by atoms with Crippen molar-refractivity contribution < 1.29 is 14.3 Å². The Bertz CT molecular complexity index is 440. The minimum Gasteiger partial charge on any atom is -0.497 e. The van der Waals surface area contributed by atoms with Crippen molar-refractivity contribution in [2.45, 2.75) is 13.5 Å². The van der Waals surface area contributed by atoms with Crippen LogP contribution in [-0.4, -0.2) is 38.6 Å². The van der Waals surface area contributed by atoms with Gasteiger partial charge in [0.25, 0.3) is 0 Å². The van der Waals surface area contributed by atoms with Crippen LogP contribution in [0.4, 0.5) is 0 Å². The number of methoxy groups -OCH3 is 2. The number of rotatable bonds is 6. The first kappa shape index (κ1) is 18.5. The van der Waals surface area contributed by atoms with Crippen LogP contribution in [0, 0.1) is 5.92 Å². The maximum Gasteiger partial charge on any atom is 0.226 e. The largest absolute Gasteiger partial charge is 0.497 e. The number of ether oxygens (including phenoxy) is 2. The standard InChI is InChI=1S/C14H22N2O3.ClH/c1-10(8-15)14(17)16(2)9-11-5-6-12(18-3)7-13(11)19-4;/h5-7,10H,8-9,15H2,1-4H3;1H. The van der Waals surface area contributed by atoms with E-state index in [1.165, 1.54) is 0 Å². The van der Waals surface area contributed by atoms with E-state index < -0.39 is 0 Å². The Balaban J connectivity index is 0.00000361. The molecule has 20 heavy (non-hydrogen) atoms. The van der Waals surface area contributed by atoms with Crippen LogP contribution < -0.4 is 15.2 Å². The van der Waals surface area contributed by atoms with Crippen LogP contribution in [0.1, 0.15) is 12.5 Å². The van der Waals surface area contributed by atoms with Crippen molar-refractivity contribution in [2.24, 2.45) is 11.7 Å². The van der Waals surface area contributed by atoms with E-state index in [4.69, 9.17) is 15.2 Å². The van der Waals surface area contributed by atoms with Crippen LogP contribution in [0.25, 0.3) is 0 Å². The Morgan fingerprint density at radius 2 is 2.00 bits per heavy atom. The lowest BCUT2D eigenvalue weighted by Gasteiger charge is -2.22. The van der Waals surface area contributed by atoms with Gasteiger partial charge in [-0.1, -0.05) is 6.92 Å². The fraction of sp³-hybridized carbons (Fsp3) is 0.500. The molecule has 1 aromatic carbocycles. The Morgan fingerprint density at radius 3 is 2.50 bits per heavy atom. The molecule has 0 aliphatic carbocycles. The highest BCUT2D eigenvalue weighted by Crippen LogP contribution is 2.25. The Hall–Kier alpha value is -1.46. The number of amides is 1. The van der Waals surface area contributed by atoms with Crippen molar-refractivity contribution in [2.75, 3.05) is 27.8 Å². The van der Waals surface area contributed by atoms with Crippen molar-refractivity contribution in [3.8, 4) is 11.5 Å². The summed E-state index contributed by atoms with van der Waals surface area (Å²) in [6.45, 7) is 2.66. The molecule has 1 unspecified atom stereocenters. The minimum atomic E-state index is -0.172. The van der Waals surface area contributed by atoms with Crippen LogP contribution in [-0.2, 0) is 11.3 Å². The molecule has 0 fully saturated rings. The second kappa shape index (κ2) is 8.66. The molecular formula is C14H23ClN2O3. The fourth-order valence-corrected chi connectivity index (χ4v) is 1.79. The fourth-order valence-electron chi connectivity index (χ4n) is 1.79. The predicted octanol–water partition coefficient (Wildman–Crippen LogP) is 1.68. The first-order valence-electron chi connectivity index (χ1n) is 6.19. The van der Waals surface area contributed by atoms with Crippen molar-refractivity contribution in [3.05, 3.63) is 23.8 Å². The van der Waals surface area contributed by atoms with Gasteiger partial charge in [-0.2, -0.15) is 0 Å². The summed E-state index contributed by atoms with van der Waals surface area (Å²) in [5.74, 6) is 1.29. The molecule has 0 heterocycles. The molecule has 0 bridgehead atoms. The zero-order valence-electron chi connectivity index (χ0n) is 12.4. The van der Waals surface area contributed by atoms with Crippen molar-refractivity contribution in [1.82, 2.24) is 4.90 Å². The molecule has 0 aliphatic rings. The average Bonchev–Trinajstić information content (AvgIpc) is 2.45. The van der Waals surface area contributed by atoms with Crippen LogP contribution >= 0.6 is 12.4 Å². The minimum absolute atomic E-state index is 0. The summed E-state index contributed by atoms with van der Waals surface area (Å²) >= 11 is 0. The molecule has 114 valence electrons. The molecule has 1 rings (SSSR count). The topological polar surface area (TPSA) is 64.8 Å². The van der Waals surface area contributed by atoms with Crippen molar-refractivity contribution in [1.29, 1.82) is 0 Å². The summed E-state index contributed by atoms with van der Waals surface area (Å²) in [5.41, 5.74) is 6.44. The lowest BCUT2D eigenvalue weighted by Crippen LogP contribution is -2.34. The summed E-state index contributed by atoms with van der Waals surface area (Å²) < 4.78 is 10.5. The number of carbonyl (C=O) groups excluding carboxylic acids is 1. The number of nitrogens with zero attached hydrogens (tertiary/aromatic N) is 1. The molecular weight excluding hydrogens is 280 g/mol. The highest BCUT2D eigenvalue weighted by Gasteiger charge is 2.17. The summed E-state index contributed by atoms with van der Waals surface area (Å²) in [4.78, 5) is 13.6. The number of nitrogens with two attached hydrogens (primary N) is 1. The van der Waals surface area contributed by atoms with E-state index in [0.29, 0.717) is 18.8 Å². The maximum atomic E-state index is 12.0. The highest BCUT2D eigenvalue weighted by atomic mass is 35.5. The highest BCUT2D eigenvalue weighted by molar-refractivity contribution is 5.85. The van der Waals surface area contributed by atoms with Gasteiger partial charge >= 0.3 is 0 Å². The lowest BCUT2D eigenvalue weighted by atomic mass is 10.1. The molecule has 0 aromatic heterocycles. The SMILES string of the molecule is COc1ccc(CN(C)C(=O)C(C)CN)c(OC)c1.Cl. The number of benzene rings is 1. The number of halogens is 1. The van der Waals surface area contributed by atoms with Gasteiger partial charge in [0.15, 0.2) is 0 Å². The molecule has 0 spiro atoms. The molecule has 0 saturated heterocycles. The molecule has 0 saturated carbocycles. The molecule has 0 aliphatic heterocycles. The third-order valence-corrected chi connectivity index (χ3v) is 3.05. The smallest absolute Gasteiger partial charge is 0.226 e. The zero-order valence-corrected chi connectivity index (χ0v) is 13.2. The zero-order chi connectivity index (χ0) is 14.4. The van der Waals surface area contributed by atoms with Crippen LogP contribution in [0.15, 0.2) is 18.2 Å². The third-order valence-electron chi connectivity index (χ3n) is 3.05. The molecule has 1 atom stereocenters. The first-order valence-corrected chi connectivity index (χ1v) is 6.19. The Kier molecular flexibility index (Phi) is 8.03. The molecule has 5 nitrogen and oxygen atoms in total. The normalized spacial score (nSPS) is 11.2. The maximum absolute atomic E-state index is 12.0. The molecule has 2 N–H and O–H groups in total. The van der Waals surface area contributed by atoms with Gasteiger partial charge in [0.05, 0.1) is 14.2 Å². The van der Waals surface area contributed by atoms with E-state index in [2.05, 4.69) is 0 Å². The summed E-state index contributed by atoms with van der Waals surface area (Å²) in [7, 11) is 4.97. The second-order valence-electron chi connectivity index (χ2n) is 4.51. The van der Waals surface area contributed by atoms with Gasteiger partial charge in [0, 0.05) is 37.7 Å².